The summed E-state index contributed by atoms with van der Waals surface area (Å²) in [6, 6.07) is 64.7. The molecule has 0 spiro atoms. The van der Waals surface area contributed by atoms with Crippen molar-refractivity contribution in [2.24, 2.45) is 0 Å². The number of nitrogens with zero attached hydrogens (tertiary/aromatic N) is 2. The van der Waals surface area contributed by atoms with Gasteiger partial charge >= 0.3 is 0 Å². The fourth-order valence-corrected chi connectivity index (χ4v) is 9.20. The number of rotatable bonds is 8. The molecule has 2 heteroatoms. The predicted octanol–water partition coefficient (Wildman–Crippen LogP) is 15.4. The molecular formula is C56H44N2. The minimum Gasteiger partial charge on any atom is -0.314 e. The van der Waals surface area contributed by atoms with Crippen LogP contribution in [0.1, 0.15) is 31.9 Å². The first-order valence-corrected chi connectivity index (χ1v) is 20.1. The first kappa shape index (κ1) is 35.3. The van der Waals surface area contributed by atoms with Gasteiger partial charge in [0.1, 0.15) is 0 Å². The zero-order chi connectivity index (χ0) is 39.4. The zero-order valence-electron chi connectivity index (χ0n) is 33.2. The van der Waals surface area contributed by atoms with Gasteiger partial charge in [-0.1, -0.05) is 160 Å². The third kappa shape index (κ3) is 5.80. The summed E-state index contributed by atoms with van der Waals surface area (Å²) in [5.41, 5.74) is 16.9. The number of fused-ring (bicyclic) bond motifs is 7. The van der Waals surface area contributed by atoms with Crippen LogP contribution < -0.4 is 4.90 Å². The molecule has 0 aliphatic heterocycles. The summed E-state index contributed by atoms with van der Waals surface area (Å²) in [7, 11) is 0. The summed E-state index contributed by atoms with van der Waals surface area (Å²) < 4.78 is 2.46. The molecule has 2 nitrogen and oxygen atoms in total. The summed E-state index contributed by atoms with van der Waals surface area (Å²) in [4.78, 5) is 2.39. The fourth-order valence-electron chi connectivity index (χ4n) is 9.20. The van der Waals surface area contributed by atoms with E-state index in [2.05, 4.69) is 225 Å². The highest BCUT2D eigenvalue weighted by atomic mass is 15.1. The highest BCUT2D eigenvalue weighted by Crippen LogP contribution is 2.51. The van der Waals surface area contributed by atoms with Crippen LogP contribution in [0, 0.1) is 0 Å². The highest BCUT2D eigenvalue weighted by molar-refractivity contribution is 6.12. The van der Waals surface area contributed by atoms with Crippen molar-refractivity contribution in [3.05, 3.63) is 224 Å². The second-order valence-electron chi connectivity index (χ2n) is 15.9. The SMILES string of the molecule is C=C/C=C\C=C(/C)N(c1ccc2c(c1)C(C)(C)c1cc(-n3c4ccc(-c5ccccc5)cc4c4cc(-c5ccccc5)ccc43)ccc1-2)c1cccc2ccccc12. The van der Waals surface area contributed by atoms with Gasteiger partial charge in [0.15, 0.2) is 0 Å². The van der Waals surface area contributed by atoms with Gasteiger partial charge in [0.2, 0.25) is 0 Å². The second kappa shape index (κ2) is 14.1. The first-order chi connectivity index (χ1) is 28.4. The van der Waals surface area contributed by atoms with Crippen molar-refractivity contribution in [3.8, 4) is 39.1 Å². The quantitative estimate of drug-likeness (QED) is 0.141. The molecule has 0 radical (unpaired) electrons. The molecule has 8 aromatic carbocycles. The summed E-state index contributed by atoms with van der Waals surface area (Å²) in [5.74, 6) is 0. The molecule has 9 aromatic rings. The molecule has 1 heterocycles. The highest BCUT2D eigenvalue weighted by Gasteiger charge is 2.36. The molecule has 58 heavy (non-hydrogen) atoms. The van der Waals surface area contributed by atoms with Gasteiger partial charge in [0.05, 0.1) is 16.7 Å². The van der Waals surface area contributed by atoms with E-state index in [1.165, 1.54) is 82.8 Å². The summed E-state index contributed by atoms with van der Waals surface area (Å²) in [6.07, 6.45) is 8.03. The smallest absolute Gasteiger partial charge is 0.0541 e. The van der Waals surface area contributed by atoms with E-state index in [9.17, 15) is 0 Å². The Balaban J connectivity index is 1.12. The van der Waals surface area contributed by atoms with E-state index in [1.807, 2.05) is 12.2 Å². The normalized spacial score (nSPS) is 13.3. The van der Waals surface area contributed by atoms with Gasteiger partial charge in [-0.25, -0.2) is 0 Å². The molecule has 0 fully saturated rings. The molecule has 0 atom stereocenters. The van der Waals surface area contributed by atoms with E-state index in [1.54, 1.807) is 0 Å². The van der Waals surface area contributed by atoms with E-state index < -0.39 is 0 Å². The standard InChI is InChI=1S/C56H44N2/c1-5-6-9-17-38(2)57(53-25-16-23-41-22-14-15-24-46(41)53)44-28-30-47-48-31-29-45(37-52(48)56(3,4)51(47)36-44)58-54-32-26-42(39-18-10-7-11-19-39)34-49(54)50-35-43(27-33-55(50)58)40-20-12-8-13-21-40/h5-37H,1H2,2-4H3/b9-6-,38-17+. The summed E-state index contributed by atoms with van der Waals surface area (Å²) >= 11 is 0. The number of allylic oxidation sites excluding steroid dienone is 5. The van der Waals surface area contributed by atoms with E-state index in [4.69, 9.17) is 0 Å². The zero-order valence-corrected chi connectivity index (χ0v) is 33.2. The summed E-state index contributed by atoms with van der Waals surface area (Å²) in [6.45, 7) is 10.8. The van der Waals surface area contributed by atoms with Gasteiger partial charge in [-0.3, -0.25) is 0 Å². The lowest BCUT2D eigenvalue weighted by atomic mass is 9.82. The average Bonchev–Trinajstić information content (AvgIpc) is 3.71. The third-order valence-electron chi connectivity index (χ3n) is 12.1. The molecule has 278 valence electrons. The molecular weight excluding hydrogens is 701 g/mol. The van der Waals surface area contributed by atoms with Crippen LogP contribution in [0.15, 0.2) is 213 Å². The van der Waals surface area contributed by atoms with Gasteiger partial charge in [-0.2, -0.15) is 0 Å². The number of hydrogen-bond donors (Lipinski definition) is 0. The van der Waals surface area contributed by atoms with Crippen molar-refractivity contribution < 1.29 is 0 Å². The molecule has 1 aliphatic rings. The molecule has 0 amide bonds. The Labute approximate surface area is 341 Å². The Kier molecular flexibility index (Phi) is 8.57. The fraction of sp³-hybridized carbons (Fsp3) is 0.0714. The van der Waals surface area contributed by atoms with Crippen LogP contribution in [-0.4, -0.2) is 4.57 Å². The van der Waals surface area contributed by atoms with Crippen molar-refractivity contribution >= 4 is 44.0 Å². The van der Waals surface area contributed by atoms with Crippen LogP contribution in [0.25, 0.3) is 71.6 Å². The maximum atomic E-state index is 3.89. The molecule has 0 unspecified atom stereocenters. The van der Waals surface area contributed by atoms with Gasteiger partial charge in [-0.15, -0.1) is 0 Å². The Morgan fingerprint density at radius 3 is 1.78 bits per heavy atom. The number of anilines is 2. The maximum absolute atomic E-state index is 3.89. The number of benzene rings is 8. The molecule has 0 N–H and O–H groups in total. The molecule has 1 aromatic heterocycles. The van der Waals surface area contributed by atoms with Crippen molar-refractivity contribution in [1.82, 2.24) is 4.57 Å². The molecule has 0 saturated carbocycles. The van der Waals surface area contributed by atoms with Crippen LogP contribution >= 0.6 is 0 Å². The Morgan fingerprint density at radius 1 is 0.534 bits per heavy atom. The van der Waals surface area contributed by atoms with Crippen molar-refractivity contribution in [3.63, 3.8) is 0 Å². The van der Waals surface area contributed by atoms with Gasteiger partial charge in [-0.05, 0) is 117 Å². The van der Waals surface area contributed by atoms with Gasteiger partial charge in [0, 0.05) is 38.6 Å². The molecule has 10 rings (SSSR count). The lowest BCUT2D eigenvalue weighted by Crippen LogP contribution is -2.18. The topological polar surface area (TPSA) is 8.17 Å². The Hall–Kier alpha value is -7.16. The minimum absolute atomic E-state index is 0.235. The van der Waals surface area contributed by atoms with E-state index >= 15 is 0 Å². The van der Waals surface area contributed by atoms with Crippen LogP contribution in [0.4, 0.5) is 11.4 Å². The van der Waals surface area contributed by atoms with E-state index in [-0.39, 0.29) is 5.41 Å². The van der Waals surface area contributed by atoms with Crippen LogP contribution in [0.5, 0.6) is 0 Å². The number of hydrogen-bond acceptors (Lipinski definition) is 1. The minimum atomic E-state index is -0.235. The predicted molar refractivity (Wildman–Crippen MR) is 248 cm³/mol. The number of aromatic nitrogens is 1. The Bertz CT molecular complexity index is 3000. The van der Waals surface area contributed by atoms with Crippen molar-refractivity contribution in [2.45, 2.75) is 26.2 Å². The Morgan fingerprint density at radius 2 is 1.12 bits per heavy atom. The average molecular weight is 745 g/mol. The third-order valence-corrected chi connectivity index (χ3v) is 12.1. The molecule has 1 aliphatic carbocycles. The maximum Gasteiger partial charge on any atom is 0.0541 e. The second-order valence-corrected chi connectivity index (χ2v) is 15.9. The summed E-state index contributed by atoms with van der Waals surface area (Å²) in [5, 5.41) is 4.94. The lowest BCUT2D eigenvalue weighted by Gasteiger charge is -2.29. The van der Waals surface area contributed by atoms with Gasteiger partial charge < -0.3 is 9.47 Å². The molecule has 0 saturated heterocycles. The lowest BCUT2D eigenvalue weighted by molar-refractivity contribution is 0.660. The van der Waals surface area contributed by atoms with Crippen LogP contribution in [0.2, 0.25) is 0 Å². The van der Waals surface area contributed by atoms with Crippen LogP contribution in [0.3, 0.4) is 0 Å². The monoisotopic (exact) mass is 744 g/mol. The van der Waals surface area contributed by atoms with E-state index in [0.717, 1.165) is 17.1 Å². The largest absolute Gasteiger partial charge is 0.314 e. The first-order valence-electron chi connectivity index (χ1n) is 20.1. The molecule has 0 bridgehead atoms. The van der Waals surface area contributed by atoms with Gasteiger partial charge in [0.25, 0.3) is 0 Å². The van der Waals surface area contributed by atoms with Crippen molar-refractivity contribution in [2.75, 3.05) is 4.90 Å². The van der Waals surface area contributed by atoms with Crippen molar-refractivity contribution in [1.29, 1.82) is 0 Å². The van der Waals surface area contributed by atoms with Crippen LogP contribution in [-0.2, 0) is 5.41 Å². The van der Waals surface area contributed by atoms with E-state index in [0.29, 0.717) is 0 Å².